The van der Waals surface area contributed by atoms with Crippen molar-refractivity contribution in [3.05, 3.63) is 12.7 Å². The van der Waals surface area contributed by atoms with Crippen LogP contribution in [0, 0.1) is 34.5 Å². The Bertz CT molecular complexity index is 1040. The zero-order valence-corrected chi connectivity index (χ0v) is 24.9. The molecule has 6 atom stereocenters. The van der Waals surface area contributed by atoms with Gasteiger partial charge in [0.1, 0.15) is 12.1 Å². The fraction of sp³-hybridized carbons (Fsp3) is 0.774. The first-order valence-electron chi connectivity index (χ1n) is 15.1. The molecule has 0 aromatic rings. The van der Waals surface area contributed by atoms with Gasteiger partial charge in [0, 0.05) is 24.4 Å². The molecular weight excluding hydrogens is 508 g/mol. The summed E-state index contributed by atoms with van der Waals surface area (Å²) in [7, 11) is 0. The van der Waals surface area contributed by atoms with E-state index in [1.165, 1.54) is 6.08 Å². The predicted octanol–water partition coefficient (Wildman–Crippen LogP) is 2.74. The molecule has 2 saturated carbocycles. The minimum absolute atomic E-state index is 0.0285. The molecule has 222 valence electrons. The summed E-state index contributed by atoms with van der Waals surface area (Å²) >= 11 is 0. The molecule has 2 saturated heterocycles. The zero-order chi connectivity index (χ0) is 29.4. The topological polar surface area (TPSA) is 125 Å². The number of carbonyl (C=O) groups is 5. The van der Waals surface area contributed by atoms with Crippen LogP contribution in [0.5, 0.6) is 0 Å². The third-order valence-electron chi connectivity index (χ3n) is 9.90. The Morgan fingerprint density at radius 1 is 1.07 bits per heavy atom. The van der Waals surface area contributed by atoms with Gasteiger partial charge in [-0.05, 0) is 61.3 Å². The highest BCUT2D eigenvalue weighted by atomic mass is 16.2. The number of nitrogens with zero attached hydrogens (tertiary/aromatic N) is 1. The van der Waals surface area contributed by atoms with Crippen molar-refractivity contribution in [3.63, 3.8) is 0 Å². The van der Waals surface area contributed by atoms with Gasteiger partial charge >= 0.3 is 0 Å². The molecule has 0 aromatic heterocycles. The summed E-state index contributed by atoms with van der Waals surface area (Å²) in [5.41, 5.74) is -0.752. The van der Waals surface area contributed by atoms with Gasteiger partial charge in [0.05, 0.1) is 6.04 Å². The molecule has 1 unspecified atom stereocenters. The largest absolute Gasteiger partial charge is 0.356 e. The summed E-state index contributed by atoms with van der Waals surface area (Å²) in [6.45, 7) is 14.4. The molecule has 4 aliphatic rings. The highest BCUT2D eigenvalue weighted by Crippen LogP contribution is 2.65. The van der Waals surface area contributed by atoms with Gasteiger partial charge in [0.15, 0.2) is 5.78 Å². The van der Waals surface area contributed by atoms with Crippen LogP contribution in [0.1, 0.15) is 86.0 Å². The molecule has 0 radical (unpaired) electrons. The van der Waals surface area contributed by atoms with Crippen LogP contribution in [0.25, 0.3) is 0 Å². The van der Waals surface area contributed by atoms with Crippen molar-refractivity contribution in [2.75, 3.05) is 13.1 Å². The van der Waals surface area contributed by atoms with Crippen LogP contribution >= 0.6 is 0 Å². The molecule has 0 aromatic carbocycles. The number of carbonyl (C=O) groups excluding carboxylic acids is 5. The second-order valence-corrected chi connectivity index (χ2v) is 14.0. The minimum Gasteiger partial charge on any atom is -0.356 e. The van der Waals surface area contributed by atoms with Gasteiger partial charge < -0.3 is 20.9 Å². The monoisotopic (exact) mass is 556 g/mol. The highest BCUT2D eigenvalue weighted by Gasteiger charge is 2.69. The first-order valence-corrected chi connectivity index (χ1v) is 15.1. The zero-order valence-electron chi connectivity index (χ0n) is 24.9. The van der Waals surface area contributed by atoms with E-state index in [4.69, 9.17) is 0 Å². The van der Waals surface area contributed by atoms with Crippen LogP contribution < -0.4 is 16.0 Å². The van der Waals surface area contributed by atoms with Crippen molar-refractivity contribution in [1.29, 1.82) is 0 Å². The van der Waals surface area contributed by atoms with E-state index in [1.807, 2.05) is 20.8 Å². The molecule has 4 fully saturated rings. The molecule has 0 bridgehead atoms. The van der Waals surface area contributed by atoms with Crippen molar-refractivity contribution < 1.29 is 24.0 Å². The molecule has 40 heavy (non-hydrogen) atoms. The van der Waals surface area contributed by atoms with E-state index in [0.29, 0.717) is 19.5 Å². The fourth-order valence-electron chi connectivity index (χ4n) is 7.19. The van der Waals surface area contributed by atoms with Crippen molar-refractivity contribution in [2.24, 2.45) is 34.5 Å². The van der Waals surface area contributed by atoms with Crippen LogP contribution in [0.4, 0.5) is 0 Å². The Morgan fingerprint density at radius 3 is 2.35 bits per heavy atom. The lowest BCUT2D eigenvalue weighted by molar-refractivity contribution is -0.146. The second-order valence-electron chi connectivity index (χ2n) is 14.0. The van der Waals surface area contributed by atoms with Gasteiger partial charge in [-0.25, -0.2) is 0 Å². The maximum absolute atomic E-state index is 14.2. The van der Waals surface area contributed by atoms with E-state index < -0.39 is 23.5 Å². The Labute approximate surface area is 238 Å². The number of fused-ring (bicyclic) bond motifs is 1. The van der Waals surface area contributed by atoms with Crippen molar-refractivity contribution in [2.45, 2.75) is 104 Å². The van der Waals surface area contributed by atoms with Crippen molar-refractivity contribution in [3.8, 4) is 0 Å². The van der Waals surface area contributed by atoms with E-state index >= 15 is 0 Å². The summed E-state index contributed by atoms with van der Waals surface area (Å²) in [4.78, 5) is 68.1. The number of amides is 4. The average Bonchev–Trinajstić information content (AvgIpc) is 3.23. The summed E-state index contributed by atoms with van der Waals surface area (Å²) in [5, 5.41) is 8.83. The number of piperidine rings is 2. The lowest BCUT2D eigenvalue weighted by atomic mass is 9.82. The number of hydrogen-bond donors (Lipinski definition) is 3. The average molecular weight is 557 g/mol. The lowest BCUT2D eigenvalue weighted by Gasteiger charge is -2.38. The van der Waals surface area contributed by atoms with Gasteiger partial charge in [-0.3, -0.25) is 24.0 Å². The first-order chi connectivity index (χ1) is 18.8. The molecule has 2 heterocycles. The van der Waals surface area contributed by atoms with E-state index in [9.17, 15) is 24.0 Å². The van der Waals surface area contributed by atoms with Gasteiger partial charge in [0.2, 0.25) is 23.6 Å². The normalized spacial score (nSPS) is 29.4. The molecule has 0 spiro atoms. The predicted molar refractivity (Wildman–Crippen MR) is 152 cm³/mol. The van der Waals surface area contributed by atoms with Crippen LogP contribution in [0.2, 0.25) is 0 Å². The molecule has 2 aliphatic carbocycles. The number of ketones is 1. The Hall–Kier alpha value is -2.71. The van der Waals surface area contributed by atoms with Crippen LogP contribution in [-0.4, -0.2) is 65.5 Å². The SMILES string of the molecule is C=CC(=O)[C@H](C[C@@H]1CCCNC1=O)NC(=O)[C@@H]1[C@@H]2[C@H](CN1C(=O)C(NC(=O)C(C)(C)C)C1CCCCC1)C2(C)C. The van der Waals surface area contributed by atoms with Crippen LogP contribution in [-0.2, 0) is 24.0 Å². The lowest BCUT2D eigenvalue weighted by Crippen LogP contribution is -2.60. The maximum Gasteiger partial charge on any atom is 0.246 e. The van der Waals surface area contributed by atoms with Gasteiger partial charge in [-0.1, -0.05) is 60.5 Å². The van der Waals surface area contributed by atoms with E-state index in [0.717, 1.165) is 38.5 Å². The molecule has 3 N–H and O–H groups in total. The summed E-state index contributed by atoms with van der Waals surface area (Å²) in [6.07, 6.45) is 7.75. The number of rotatable bonds is 9. The van der Waals surface area contributed by atoms with Crippen LogP contribution in [0.3, 0.4) is 0 Å². The summed E-state index contributed by atoms with van der Waals surface area (Å²) in [5.74, 6) is -1.38. The number of likely N-dealkylation sites (tertiary alicyclic amines) is 1. The van der Waals surface area contributed by atoms with E-state index in [2.05, 4.69) is 36.4 Å². The maximum atomic E-state index is 14.2. The molecule has 9 heteroatoms. The molecule has 9 nitrogen and oxygen atoms in total. The van der Waals surface area contributed by atoms with Gasteiger partial charge in [-0.2, -0.15) is 0 Å². The Balaban J connectivity index is 1.57. The fourth-order valence-corrected chi connectivity index (χ4v) is 7.19. The Kier molecular flexibility index (Phi) is 8.81. The van der Waals surface area contributed by atoms with Crippen molar-refractivity contribution >= 4 is 29.4 Å². The van der Waals surface area contributed by atoms with Gasteiger partial charge in [-0.15, -0.1) is 0 Å². The van der Waals surface area contributed by atoms with Crippen LogP contribution in [0.15, 0.2) is 12.7 Å². The smallest absolute Gasteiger partial charge is 0.246 e. The number of hydrogen-bond acceptors (Lipinski definition) is 5. The molecule has 4 rings (SSSR count). The number of nitrogens with one attached hydrogen (secondary N) is 3. The summed E-state index contributed by atoms with van der Waals surface area (Å²) in [6, 6.07) is -2.30. The van der Waals surface area contributed by atoms with Gasteiger partial charge in [0.25, 0.3) is 0 Å². The first kappa shape index (κ1) is 30.3. The molecular formula is C31H48N4O5. The van der Waals surface area contributed by atoms with E-state index in [-0.39, 0.29) is 64.9 Å². The quantitative estimate of drug-likeness (QED) is 0.377. The standard InChI is InChI=1S/C31H48N4O5/c1-7-22(36)21(16-19-14-11-15-32-26(19)37)33-27(38)25-23-20(31(23,5)6)17-35(25)28(39)24(18-12-9-8-10-13-18)34-29(40)30(2,3)4/h7,18-21,23-25H,1,8-17H2,2-6H3,(H,32,37)(H,33,38)(H,34,40)/t19-,20-,21-,23-,24?,25-/m0/s1. The highest BCUT2D eigenvalue weighted by molar-refractivity contribution is 5.99. The second kappa shape index (κ2) is 11.6. The third kappa shape index (κ3) is 6.13. The molecule has 2 aliphatic heterocycles. The van der Waals surface area contributed by atoms with Crippen molar-refractivity contribution in [1.82, 2.24) is 20.9 Å². The third-order valence-corrected chi connectivity index (χ3v) is 9.90. The Morgan fingerprint density at radius 2 is 1.75 bits per heavy atom. The van der Waals surface area contributed by atoms with E-state index in [1.54, 1.807) is 4.90 Å². The molecule has 4 amide bonds. The minimum atomic E-state index is -0.883. The summed E-state index contributed by atoms with van der Waals surface area (Å²) < 4.78 is 0.